The number of carbonyl (C=O) groups is 1. The van der Waals surface area contributed by atoms with Crippen LogP contribution in [0.3, 0.4) is 0 Å². The molecule has 1 atom stereocenters. The summed E-state index contributed by atoms with van der Waals surface area (Å²) in [7, 11) is 0. The first-order chi connectivity index (χ1) is 8.09. The molecule has 0 bridgehead atoms. The van der Waals surface area contributed by atoms with E-state index < -0.39 is 10.8 Å². The summed E-state index contributed by atoms with van der Waals surface area (Å²) in [4.78, 5) is 23.6. The Morgan fingerprint density at radius 3 is 2.88 bits per heavy atom. The average molecular weight is 238 g/mol. The van der Waals surface area contributed by atoms with Crippen molar-refractivity contribution in [2.24, 2.45) is 0 Å². The van der Waals surface area contributed by atoms with Gasteiger partial charge in [0.15, 0.2) is 5.76 Å². The van der Waals surface area contributed by atoms with Crippen molar-refractivity contribution in [1.29, 1.82) is 0 Å². The third kappa shape index (κ3) is 2.30. The molecule has 2 rings (SSSR count). The Morgan fingerprint density at radius 2 is 2.29 bits per heavy atom. The van der Waals surface area contributed by atoms with Crippen molar-refractivity contribution in [1.82, 2.24) is 4.90 Å². The fraction of sp³-hybridized carbons (Fsp3) is 0.545. The van der Waals surface area contributed by atoms with E-state index in [4.69, 9.17) is 4.42 Å². The average Bonchev–Trinajstić information content (AvgIpc) is 2.78. The zero-order chi connectivity index (χ0) is 12.4. The van der Waals surface area contributed by atoms with E-state index in [1.807, 2.05) is 6.92 Å². The molecule has 1 aliphatic heterocycles. The summed E-state index contributed by atoms with van der Waals surface area (Å²) in [5.41, 5.74) is 0. The number of nitrogens with zero attached hydrogens (tertiary/aromatic N) is 2. The normalized spacial score (nSPS) is 20.3. The highest BCUT2D eigenvalue weighted by atomic mass is 16.6. The maximum absolute atomic E-state index is 12.1. The molecule has 92 valence electrons. The Morgan fingerprint density at radius 1 is 1.53 bits per heavy atom. The van der Waals surface area contributed by atoms with Crippen LogP contribution in [0.15, 0.2) is 16.5 Å². The van der Waals surface area contributed by atoms with Crippen molar-refractivity contribution < 1.29 is 14.1 Å². The number of hydrogen-bond acceptors (Lipinski definition) is 4. The third-order valence-electron chi connectivity index (χ3n) is 3.05. The molecule has 0 radical (unpaired) electrons. The van der Waals surface area contributed by atoms with Gasteiger partial charge >= 0.3 is 5.88 Å². The van der Waals surface area contributed by atoms with Crippen LogP contribution in [-0.4, -0.2) is 28.3 Å². The molecule has 1 aromatic heterocycles. The number of rotatable bonds is 2. The van der Waals surface area contributed by atoms with Gasteiger partial charge in [-0.3, -0.25) is 14.9 Å². The van der Waals surface area contributed by atoms with Crippen molar-refractivity contribution in [3.8, 4) is 0 Å². The Labute approximate surface area is 98.3 Å². The summed E-state index contributed by atoms with van der Waals surface area (Å²) < 4.78 is 4.92. The number of hydrogen-bond donors (Lipinski definition) is 0. The molecule has 0 saturated carbocycles. The molecule has 0 N–H and O–H groups in total. The highest BCUT2D eigenvalue weighted by Gasteiger charge is 2.27. The molecule has 0 aromatic carbocycles. The van der Waals surface area contributed by atoms with Gasteiger partial charge in [-0.2, -0.15) is 0 Å². The smallest absolute Gasteiger partial charge is 0.395 e. The summed E-state index contributed by atoms with van der Waals surface area (Å²) >= 11 is 0. The molecule has 2 heterocycles. The molecule has 1 saturated heterocycles. The zero-order valence-corrected chi connectivity index (χ0v) is 9.59. The predicted molar refractivity (Wildman–Crippen MR) is 59.7 cm³/mol. The van der Waals surface area contributed by atoms with E-state index in [9.17, 15) is 14.9 Å². The summed E-state index contributed by atoms with van der Waals surface area (Å²) in [6, 6.07) is 2.74. The number of furan rings is 1. The van der Waals surface area contributed by atoms with Gasteiger partial charge in [0.25, 0.3) is 5.91 Å². The quantitative estimate of drug-likeness (QED) is 0.584. The standard InChI is InChI=1S/C11H14N2O4/c1-8-4-2-3-7-12(8)11(14)9-5-6-10(17-9)13(15)16/h5-6,8H,2-4,7H2,1H3/t8-/m1/s1. The van der Waals surface area contributed by atoms with Gasteiger partial charge in [-0.05, 0) is 32.3 Å². The van der Waals surface area contributed by atoms with E-state index in [-0.39, 0.29) is 17.7 Å². The van der Waals surface area contributed by atoms with Crippen LogP contribution < -0.4 is 0 Å². The maximum atomic E-state index is 12.1. The SMILES string of the molecule is C[C@@H]1CCCCN1C(=O)c1ccc([N+](=O)[O-])o1. The van der Waals surface area contributed by atoms with E-state index in [1.54, 1.807) is 4.90 Å². The molecule has 0 unspecified atom stereocenters. The summed E-state index contributed by atoms with van der Waals surface area (Å²) in [5, 5.41) is 10.5. The second-order valence-electron chi connectivity index (χ2n) is 4.24. The Bertz CT molecular complexity index is 440. The predicted octanol–water partition coefficient (Wildman–Crippen LogP) is 2.20. The fourth-order valence-corrected chi connectivity index (χ4v) is 2.08. The number of nitro groups is 1. The topological polar surface area (TPSA) is 76.6 Å². The first kappa shape index (κ1) is 11.6. The van der Waals surface area contributed by atoms with Gasteiger partial charge in [0, 0.05) is 12.6 Å². The molecule has 1 aromatic rings. The lowest BCUT2D eigenvalue weighted by atomic mass is 10.0. The van der Waals surface area contributed by atoms with Gasteiger partial charge in [-0.1, -0.05) is 0 Å². The van der Waals surface area contributed by atoms with Gasteiger partial charge in [0.05, 0.1) is 6.07 Å². The largest absolute Gasteiger partial charge is 0.433 e. The van der Waals surface area contributed by atoms with Crippen LogP contribution in [0.2, 0.25) is 0 Å². The molecular weight excluding hydrogens is 224 g/mol. The molecule has 6 nitrogen and oxygen atoms in total. The Kier molecular flexibility index (Phi) is 3.12. The van der Waals surface area contributed by atoms with Crippen LogP contribution in [0.1, 0.15) is 36.7 Å². The minimum atomic E-state index is -0.642. The number of amides is 1. The minimum absolute atomic E-state index is 0.0467. The van der Waals surface area contributed by atoms with Crippen LogP contribution in [0.4, 0.5) is 5.88 Å². The first-order valence-corrected chi connectivity index (χ1v) is 5.65. The lowest BCUT2D eigenvalue weighted by Gasteiger charge is -2.32. The summed E-state index contributed by atoms with van der Waals surface area (Å²) in [5.74, 6) is -0.603. The van der Waals surface area contributed by atoms with Gasteiger partial charge in [0.1, 0.15) is 4.92 Å². The van der Waals surface area contributed by atoms with Crippen LogP contribution >= 0.6 is 0 Å². The lowest BCUT2D eigenvalue weighted by Crippen LogP contribution is -2.41. The summed E-state index contributed by atoms with van der Waals surface area (Å²) in [6.45, 7) is 2.67. The van der Waals surface area contributed by atoms with E-state index >= 15 is 0 Å². The van der Waals surface area contributed by atoms with Crippen molar-refractivity contribution >= 4 is 11.8 Å². The molecule has 1 aliphatic rings. The monoisotopic (exact) mass is 238 g/mol. The Hall–Kier alpha value is -1.85. The molecule has 0 aliphatic carbocycles. The lowest BCUT2D eigenvalue weighted by molar-refractivity contribution is -0.402. The third-order valence-corrected chi connectivity index (χ3v) is 3.05. The van der Waals surface area contributed by atoms with E-state index in [0.717, 1.165) is 19.3 Å². The first-order valence-electron chi connectivity index (χ1n) is 5.65. The van der Waals surface area contributed by atoms with E-state index in [1.165, 1.54) is 12.1 Å². The highest BCUT2D eigenvalue weighted by molar-refractivity contribution is 5.92. The van der Waals surface area contributed by atoms with Gasteiger partial charge < -0.3 is 9.32 Å². The van der Waals surface area contributed by atoms with Crippen molar-refractivity contribution in [3.63, 3.8) is 0 Å². The molecule has 0 spiro atoms. The van der Waals surface area contributed by atoms with E-state index in [0.29, 0.717) is 6.54 Å². The summed E-state index contributed by atoms with van der Waals surface area (Å²) in [6.07, 6.45) is 3.05. The molecular formula is C11H14N2O4. The molecule has 1 amide bonds. The second kappa shape index (κ2) is 4.57. The van der Waals surface area contributed by atoms with Gasteiger partial charge in [-0.15, -0.1) is 0 Å². The Balaban J connectivity index is 2.15. The van der Waals surface area contributed by atoms with Crippen LogP contribution in [-0.2, 0) is 0 Å². The maximum Gasteiger partial charge on any atom is 0.433 e. The van der Waals surface area contributed by atoms with Gasteiger partial charge in [0.2, 0.25) is 0 Å². The number of piperidine rings is 1. The highest BCUT2D eigenvalue weighted by Crippen LogP contribution is 2.22. The number of likely N-dealkylation sites (tertiary alicyclic amines) is 1. The molecule has 6 heteroatoms. The van der Waals surface area contributed by atoms with E-state index in [2.05, 4.69) is 0 Å². The van der Waals surface area contributed by atoms with Crippen molar-refractivity contribution in [3.05, 3.63) is 28.0 Å². The second-order valence-corrected chi connectivity index (χ2v) is 4.24. The van der Waals surface area contributed by atoms with Crippen LogP contribution in [0, 0.1) is 10.1 Å². The molecule has 1 fully saturated rings. The van der Waals surface area contributed by atoms with Gasteiger partial charge in [-0.25, -0.2) is 0 Å². The minimum Gasteiger partial charge on any atom is -0.395 e. The van der Waals surface area contributed by atoms with Crippen LogP contribution in [0.25, 0.3) is 0 Å². The fourth-order valence-electron chi connectivity index (χ4n) is 2.08. The van der Waals surface area contributed by atoms with Crippen molar-refractivity contribution in [2.75, 3.05) is 6.54 Å². The van der Waals surface area contributed by atoms with Crippen molar-refractivity contribution in [2.45, 2.75) is 32.2 Å². The zero-order valence-electron chi connectivity index (χ0n) is 9.59. The number of carbonyl (C=O) groups excluding carboxylic acids is 1. The molecule has 17 heavy (non-hydrogen) atoms. The van der Waals surface area contributed by atoms with Crippen LogP contribution in [0.5, 0.6) is 0 Å².